The van der Waals surface area contributed by atoms with Crippen LogP contribution in [0, 0.1) is 17.6 Å². The lowest BCUT2D eigenvalue weighted by Crippen LogP contribution is -2.51. The molecule has 0 spiro atoms. The zero-order valence-corrected chi connectivity index (χ0v) is 18.1. The lowest BCUT2D eigenvalue weighted by atomic mass is 9.89. The van der Waals surface area contributed by atoms with Gasteiger partial charge >= 0.3 is 0 Å². The zero-order valence-electron chi connectivity index (χ0n) is 17.3. The minimum absolute atomic E-state index is 0.0249. The van der Waals surface area contributed by atoms with Crippen molar-refractivity contribution in [3.05, 3.63) is 65.2 Å². The van der Waals surface area contributed by atoms with E-state index < -0.39 is 17.5 Å². The highest BCUT2D eigenvalue weighted by Crippen LogP contribution is 2.29. The van der Waals surface area contributed by atoms with E-state index in [1.807, 2.05) is 0 Å². The Morgan fingerprint density at radius 2 is 1.84 bits per heavy atom. The molecular formula is C22H21ClF2N6O. The summed E-state index contributed by atoms with van der Waals surface area (Å²) in [6.07, 6.45) is 7.68. The molecular weight excluding hydrogens is 438 g/mol. The second kappa shape index (κ2) is 9.52. The van der Waals surface area contributed by atoms with E-state index in [1.54, 1.807) is 11.0 Å². The summed E-state index contributed by atoms with van der Waals surface area (Å²) in [6, 6.07) is 3.31. The second-order valence-corrected chi connectivity index (χ2v) is 8.11. The number of carbonyl (C=O) groups excluding carboxylic acids is 1. The number of carbonyl (C=O) groups is 1. The highest BCUT2D eigenvalue weighted by Gasteiger charge is 2.34. The number of rotatable bonds is 5. The first-order valence-electron chi connectivity index (χ1n) is 10.2. The number of anilines is 1. The van der Waals surface area contributed by atoms with Crippen molar-refractivity contribution in [2.24, 2.45) is 5.92 Å². The Bertz CT molecular complexity index is 1100. The molecule has 0 saturated carbocycles. The normalized spacial score (nSPS) is 18.4. The largest absolute Gasteiger partial charge is 0.352 e. The van der Waals surface area contributed by atoms with Crippen LogP contribution in [0.25, 0.3) is 11.4 Å². The van der Waals surface area contributed by atoms with Crippen LogP contribution in [-0.2, 0) is 0 Å². The van der Waals surface area contributed by atoms with Crippen molar-refractivity contribution in [2.75, 3.05) is 18.4 Å². The average molecular weight is 459 g/mol. The number of nitrogens with one attached hydrogen (secondary N) is 1. The molecule has 32 heavy (non-hydrogen) atoms. The number of nitrogens with zero attached hydrogens (tertiary/aromatic N) is 5. The minimum Gasteiger partial charge on any atom is -0.352 e. The Morgan fingerprint density at radius 1 is 1.16 bits per heavy atom. The third-order valence-electron chi connectivity index (χ3n) is 5.56. The molecule has 3 heterocycles. The molecule has 0 aliphatic carbocycles. The molecule has 1 aliphatic heterocycles. The van der Waals surface area contributed by atoms with Gasteiger partial charge in [-0.15, -0.1) is 0 Å². The smallest absolute Gasteiger partial charge is 0.255 e. The van der Waals surface area contributed by atoms with E-state index in [9.17, 15) is 13.6 Å². The Morgan fingerprint density at radius 3 is 2.56 bits per heavy atom. The van der Waals surface area contributed by atoms with Crippen LogP contribution in [0.4, 0.5) is 14.7 Å². The molecule has 1 saturated heterocycles. The van der Waals surface area contributed by atoms with Crippen molar-refractivity contribution < 1.29 is 13.6 Å². The van der Waals surface area contributed by atoms with Crippen molar-refractivity contribution in [3.63, 3.8) is 0 Å². The molecule has 7 nitrogen and oxygen atoms in total. The Kier molecular flexibility index (Phi) is 6.55. The van der Waals surface area contributed by atoms with E-state index in [-0.39, 0.29) is 28.9 Å². The molecule has 3 aromatic rings. The maximum atomic E-state index is 14.2. The van der Waals surface area contributed by atoms with Gasteiger partial charge in [0.15, 0.2) is 17.5 Å². The standard InChI is InChI=1S/C22H21ClF2N6O/c1-13-4-2-7-31(19(13)12-30-22-28-10-14(23)11-29-22)21(32)16-9-18(25)17(24)8-15(16)20-26-5-3-6-27-20/h3,5-6,8-11,13,19H,2,4,7,12H2,1H3,(H,28,29,30)/t13?,19-/m1/s1. The quantitative estimate of drug-likeness (QED) is 0.616. The summed E-state index contributed by atoms with van der Waals surface area (Å²) < 4.78 is 28.2. The molecule has 166 valence electrons. The molecule has 1 fully saturated rings. The van der Waals surface area contributed by atoms with Gasteiger partial charge in [0.1, 0.15) is 0 Å². The van der Waals surface area contributed by atoms with Crippen LogP contribution in [0.1, 0.15) is 30.1 Å². The number of hydrogen-bond donors (Lipinski definition) is 1. The fraction of sp³-hybridized carbons (Fsp3) is 0.318. The fourth-order valence-electron chi connectivity index (χ4n) is 3.91. The summed E-state index contributed by atoms with van der Waals surface area (Å²) in [5.41, 5.74) is 0.178. The average Bonchev–Trinajstić information content (AvgIpc) is 2.81. The van der Waals surface area contributed by atoms with E-state index in [2.05, 4.69) is 32.2 Å². The van der Waals surface area contributed by atoms with Crippen molar-refractivity contribution in [1.29, 1.82) is 0 Å². The van der Waals surface area contributed by atoms with E-state index >= 15 is 0 Å². The van der Waals surface area contributed by atoms with E-state index in [4.69, 9.17) is 11.6 Å². The van der Waals surface area contributed by atoms with Gasteiger partial charge in [0.05, 0.1) is 29.0 Å². The minimum atomic E-state index is -1.10. The third-order valence-corrected chi connectivity index (χ3v) is 5.76. The Balaban J connectivity index is 1.64. The first-order valence-corrected chi connectivity index (χ1v) is 10.6. The molecule has 1 unspecified atom stereocenters. The molecule has 1 aliphatic rings. The Hall–Kier alpha value is -3.20. The molecule has 1 aromatic carbocycles. The van der Waals surface area contributed by atoms with Gasteiger partial charge in [-0.3, -0.25) is 4.79 Å². The van der Waals surface area contributed by atoms with Crippen LogP contribution in [0.3, 0.4) is 0 Å². The van der Waals surface area contributed by atoms with Crippen LogP contribution in [-0.4, -0.2) is 49.9 Å². The molecule has 0 radical (unpaired) electrons. The van der Waals surface area contributed by atoms with Crippen molar-refractivity contribution in [3.8, 4) is 11.4 Å². The summed E-state index contributed by atoms with van der Waals surface area (Å²) in [5, 5.41) is 3.57. The maximum absolute atomic E-state index is 14.2. The predicted molar refractivity (Wildman–Crippen MR) is 116 cm³/mol. The first-order chi connectivity index (χ1) is 15.4. The number of piperidine rings is 1. The molecule has 2 atom stereocenters. The van der Waals surface area contributed by atoms with Gasteiger partial charge in [0, 0.05) is 31.0 Å². The summed E-state index contributed by atoms with van der Waals surface area (Å²) in [7, 11) is 0. The van der Waals surface area contributed by atoms with Crippen molar-refractivity contribution in [2.45, 2.75) is 25.8 Å². The van der Waals surface area contributed by atoms with Crippen molar-refractivity contribution in [1.82, 2.24) is 24.8 Å². The van der Waals surface area contributed by atoms with Gasteiger partial charge in [0.25, 0.3) is 5.91 Å². The van der Waals surface area contributed by atoms with Gasteiger partial charge in [0.2, 0.25) is 5.95 Å². The van der Waals surface area contributed by atoms with Crippen LogP contribution in [0.15, 0.2) is 43.0 Å². The third kappa shape index (κ3) is 4.67. The fourth-order valence-corrected chi connectivity index (χ4v) is 4.01. The van der Waals surface area contributed by atoms with Crippen LogP contribution < -0.4 is 5.32 Å². The SMILES string of the molecule is CC1CCCN(C(=O)c2cc(F)c(F)cc2-c2ncccn2)[C@@H]1CNc1ncc(Cl)cn1. The van der Waals surface area contributed by atoms with Gasteiger partial charge in [-0.1, -0.05) is 18.5 Å². The molecule has 2 aromatic heterocycles. The first kappa shape index (κ1) is 22.0. The number of hydrogen-bond acceptors (Lipinski definition) is 6. The van der Waals surface area contributed by atoms with E-state index in [0.717, 1.165) is 25.0 Å². The highest BCUT2D eigenvalue weighted by molar-refractivity contribution is 6.30. The molecule has 1 N–H and O–H groups in total. The topological polar surface area (TPSA) is 83.9 Å². The summed E-state index contributed by atoms with van der Waals surface area (Å²) in [6.45, 7) is 2.95. The predicted octanol–water partition coefficient (Wildman–Crippen LogP) is 4.22. The van der Waals surface area contributed by atoms with Crippen molar-refractivity contribution >= 4 is 23.5 Å². The summed E-state index contributed by atoms with van der Waals surface area (Å²) in [5.74, 6) is -1.83. The van der Waals surface area contributed by atoms with E-state index in [1.165, 1.54) is 24.8 Å². The van der Waals surface area contributed by atoms with Gasteiger partial charge in [-0.05, 0) is 37.0 Å². The highest BCUT2D eigenvalue weighted by atomic mass is 35.5. The summed E-state index contributed by atoms with van der Waals surface area (Å²) in [4.78, 5) is 31.7. The molecule has 10 heteroatoms. The van der Waals surface area contributed by atoms with Crippen LogP contribution in [0.2, 0.25) is 5.02 Å². The van der Waals surface area contributed by atoms with Crippen LogP contribution >= 0.6 is 11.6 Å². The number of amides is 1. The monoisotopic (exact) mass is 458 g/mol. The van der Waals surface area contributed by atoms with Gasteiger partial charge < -0.3 is 10.2 Å². The lowest BCUT2D eigenvalue weighted by molar-refractivity contribution is 0.0540. The number of aromatic nitrogens is 4. The molecule has 0 bridgehead atoms. The molecule has 4 rings (SSSR count). The summed E-state index contributed by atoms with van der Waals surface area (Å²) >= 11 is 5.83. The van der Waals surface area contributed by atoms with Crippen LogP contribution in [0.5, 0.6) is 0 Å². The lowest BCUT2D eigenvalue weighted by Gasteiger charge is -2.40. The second-order valence-electron chi connectivity index (χ2n) is 7.68. The maximum Gasteiger partial charge on any atom is 0.255 e. The zero-order chi connectivity index (χ0) is 22.7. The molecule has 1 amide bonds. The Labute approximate surface area is 188 Å². The van der Waals surface area contributed by atoms with E-state index in [0.29, 0.717) is 24.1 Å². The van der Waals surface area contributed by atoms with Gasteiger partial charge in [-0.2, -0.15) is 0 Å². The number of likely N-dealkylation sites (tertiary alicyclic amines) is 1. The van der Waals surface area contributed by atoms with Gasteiger partial charge in [-0.25, -0.2) is 28.7 Å². The number of benzene rings is 1. The number of halogens is 3.